The van der Waals surface area contributed by atoms with Crippen molar-refractivity contribution in [3.05, 3.63) is 0 Å². The first kappa shape index (κ1) is 46.8. The van der Waals surface area contributed by atoms with Crippen LogP contribution >= 0.6 is 0 Å². The maximum atomic E-state index is 5.69. The first-order valence-corrected chi connectivity index (χ1v) is 21.4. The quantitative estimate of drug-likeness (QED) is 0.0367. The Balaban J connectivity index is 3.03. The van der Waals surface area contributed by atoms with Gasteiger partial charge in [-0.3, -0.25) is 0 Å². The molecule has 0 aliphatic carbocycles. The SMILES string of the molecule is CCCCCCCCCCCCCCCCCCOCCOCCOOCCOCCCCCCCCCCCCCCCCCC. The third kappa shape index (κ3) is 45.8. The third-order valence-corrected chi connectivity index (χ3v) is 9.36. The average Bonchev–Trinajstić information content (AvgIpc) is 3.08. The predicted octanol–water partition coefficient (Wildman–Crippen LogP) is 13.5. The highest BCUT2D eigenvalue weighted by molar-refractivity contribution is 4.51. The van der Waals surface area contributed by atoms with Crippen LogP contribution < -0.4 is 0 Å². The van der Waals surface area contributed by atoms with Crippen LogP contribution in [0.4, 0.5) is 0 Å². The van der Waals surface area contributed by atoms with Crippen molar-refractivity contribution in [1.29, 1.82) is 0 Å². The first-order valence-electron chi connectivity index (χ1n) is 21.4. The molecule has 0 rings (SSSR count). The Morgan fingerprint density at radius 3 is 0.638 bits per heavy atom. The van der Waals surface area contributed by atoms with Gasteiger partial charge in [0.1, 0.15) is 13.2 Å². The van der Waals surface area contributed by atoms with Gasteiger partial charge in [-0.15, -0.1) is 0 Å². The van der Waals surface area contributed by atoms with E-state index in [0.717, 1.165) is 26.1 Å². The zero-order valence-corrected chi connectivity index (χ0v) is 32.3. The van der Waals surface area contributed by atoms with Crippen LogP contribution in [-0.2, 0) is 24.0 Å². The van der Waals surface area contributed by atoms with Gasteiger partial charge in [0.25, 0.3) is 0 Å². The average molecular weight is 671 g/mol. The molecule has 0 aromatic rings. The molecule has 0 saturated heterocycles. The van der Waals surface area contributed by atoms with Crippen LogP contribution in [0.3, 0.4) is 0 Å². The zero-order chi connectivity index (χ0) is 33.8. The fraction of sp³-hybridized carbons (Fsp3) is 1.00. The van der Waals surface area contributed by atoms with Crippen LogP contribution in [0, 0.1) is 0 Å². The summed E-state index contributed by atoms with van der Waals surface area (Å²) in [6.45, 7) is 9.57. The lowest BCUT2D eigenvalue weighted by atomic mass is 10.0. The topological polar surface area (TPSA) is 46.2 Å². The lowest BCUT2D eigenvalue weighted by Crippen LogP contribution is -2.11. The second-order valence-electron chi connectivity index (χ2n) is 14.1. The Morgan fingerprint density at radius 2 is 0.383 bits per heavy atom. The van der Waals surface area contributed by atoms with Crippen molar-refractivity contribution in [2.75, 3.05) is 52.9 Å². The smallest absolute Gasteiger partial charge is 0.106 e. The number of unbranched alkanes of at least 4 members (excludes halogenated alkanes) is 30. The lowest BCUT2D eigenvalue weighted by molar-refractivity contribution is -0.303. The first-order chi connectivity index (χ1) is 23.4. The summed E-state index contributed by atoms with van der Waals surface area (Å²) in [4.78, 5) is 10.3. The van der Waals surface area contributed by atoms with E-state index in [4.69, 9.17) is 24.0 Å². The molecule has 0 atom stereocenters. The highest BCUT2D eigenvalue weighted by Gasteiger charge is 1.98. The van der Waals surface area contributed by atoms with Crippen molar-refractivity contribution >= 4 is 0 Å². The number of hydrogen-bond acceptors (Lipinski definition) is 5. The molecule has 0 radical (unpaired) electrons. The third-order valence-electron chi connectivity index (χ3n) is 9.36. The van der Waals surface area contributed by atoms with Crippen LogP contribution in [0.5, 0.6) is 0 Å². The summed E-state index contributed by atoms with van der Waals surface area (Å²) in [6.07, 6.45) is 44.7. The van der Waals surface area contributed by atoms with Gasteiger partial charge in [-0.05, 0) is 12.8 Å². The molecule has 0 unspecified atom stereocenters. The summed E-state index contributed by atoms with van der Waals surface area (Å²) >= 11 is 0. The highest BCUT2D eigenvalue weighted by atomic mass is 17.2. The molecule has 0 aromatic carbocycles. The van der Waals surface area contributed by atoms with Crippen LogP contribution in [0.2, 0.25) is 0 Å². The van der Waals surface area contributed by atoms with Gasteiger partial charge in [0.2, 0.25) is 0 Å². The molecule has 5 heteroatoms. The van der Waals surface area contributed by atoms with Crippen LogP contribution in [0.25, 0.3) is 0 Å². The molecule has 0 N–H and O–H groups in total. The summed E-state index contributed by atoms with van der Waals surface area (Å²) in [5.74, 6) is 0. The molecular formula is C42H86O5. The maximum Gasteiger partial charge on any atom is 0.106 e. The molecule has 47 heavy (non-hydrogen) atoms. The van der Waals surface area contributed by atoms with E-state index >= 15 is 0 Å². The molecule has 0 aromatic heterocycles. The molecular weight excluding hydrogens is 584 g/mol. The van der Waals surface area contributed by atoms with Crippen LogP contribution in [0.1, 0.15) is 219 Å². The van der Waals surface area contributed by atoms with Crippen molar-refractivity contribution < 1.29 is 24.0 Å². The van der Waals surface area contributed by atoms with Gasteiger partial charge >= 0.3 is 0 Å². The summed E-state index contributed by atoms with van der Waals surface area (Å²) in [6, 6.07) is 0. The van der Waals surface area contributed by atoms with Gasteiger partial charge in [-0.2, -0.15) is 0 Å². The molecule has 0 heterocycles. The molecule has 0 aliphatic rings. The minimum atomic E-state index is 0.443. The monoisotopic (exact) mass is 671 g/mol. The molecule has 0 saturated carbocycles. The summed E-state index contributed by atoms with van der Waals surface area (Å²) in [5, 5.41) is 0. The Labute approximate surface area is 295 Å². The van der Waals surface area contributed by atoms with Crippen molar-refractivity contribution in [2.45, 2.75) is 219 Å². The highest BCUT2D eigenvalue weighted by Crippen LogP contribution is 2.15. The fourth-order valence-electron chi connectivity index (χ4n) is 6.23. The standard InChI is InChI=1S/C42H86O5/c1-3-5-7-9-11-13-15-17-19-21-23-25-27-29-31-33-35-43-37-38-45-40-42-47-46-41-39-44-36-34-32-30-28-26-24-22-20-18-16-14-12-10-8-6-4-2/h3-42H2,1-2H3. The molecule has 0 bridgehead atoms. The van der Waals surface area contributed by atoms with Crippen LogP contribution in [-0.4, -0.2) is 52.9 Å². The summed E-state index contributed by atoms with van der Waals surface area (Å²) in [7, 11) is 0. The van der Waals surface area contributed by atoms with Gasteiger partial charge in [0.05, 0.1) is 26.4 Å². The minimum Gasteiger partial charge on any atom is -0.379 e. The largest absolute Gasteiger partial charge is 0.379 e. The van der Waals surface area contributed by atoms with Gasteiger partial charge < -0.3 is 14.2 Å². The molecule has 0 amide bonds. The number of ether oxygens (including phenoxy) is 3. The van der Waals surface area contributed by atoms with Gasteiger partial charge in [-0.25, -0.2) is 9.78 Å². The van der Waals surface area contributed by atoms with Crippen molar-refractivity contribution in [3.63, 3.8) is 0 Å². The second kappa shape index (κ2) is 45.8. The Hall–Kier alpha value is -0.200. The van der Waals surface area contributed by atoms with E-state index in [9.17, 15) is 0 Å². The fourth-order valence-corrected chi connectivity index (χ4v) is 6.23. The summed E-state index contributed by atoms with van der Waals surface area (Å²) < 4.78 is 16.9. The Morgan fingerprint density at radius 1 is 0.191 bits per heavy atom. The molecule has 284 valence electrons. The normalized spacial score (nSPS) is 11.6. The second-order valence-corrected chi connectivity index (χ2v) is 14.1. The van der Waals surface area contributed by atoms with E-state index in [1.54, 1.807) is 0 Å². The van der Waals surface area contributed by atoms with E-state index in [1.165, 1.54) is 193 Å². The van der Waals surface area contributed by atoms with E-state index in [0.29, 0.717) is 39.6 Å². The van der Waals surface area contributed by atoms with Gasteiger partial charge in [0.15, 0.2) is 0 Å². The van der Waals surface area contributed by atoms with E-state index in [-0.39, 0.29) is 0 Å². The van der Waals surface area contributed by atoms with Crippen molar-refractivity contribution in [2.24, 2.45) is 0 Å². The minimum absolute atomic E-state index is 0.443. The number of rotatable bonds is 44. The molecule has 5 nitrogen and oxygen atoms in total. The van der Waals surface area contributed by atoms with Crippen LogP contribution in [0.15, 0.2) is 0 Å². The molecule has 0 fully saturated rings. The Bertz CT molecular complexity index is 473. The lowest BCUT2D eigenvalue weighted by Gasteiger charge is -2.07. The predicted molar refractivity (Wildman–Crippen MR) is 203 cm³/mol. The van der Waals surface area contributed by atoms with E-state index < -0.39 is 0 Å². The van der Waals surface area contributed by atoms with Crippen molar-refractivity contribution in [3.8, 4) is 0 Å². The van der Waals surface area contributed by atoms with Gasteiger partial charge in [0, 0.05) is 13.2 Å². The zero-order valence-electron chi connectivity index (χ0n) is 32.3. The van der Waals surface area contributed by atoms with Gasteiger partial charge in [-0.1, -0.05) is 206 Å². The molecule has 0 spiro atoms. The summed E-state index contributed by atoms with van der Waals surface area (Å²) in [5.41, 5.74) is 0. The van der Waals surface area contributed by atoms with E-state index in [1.807, 2.05) is 0 Å². The number of hydrogen-bond donors (Lipinski definition) is 0. The maximum absolute atomic E-state index is 5.69. The molecule has 0 aliphatic heterocycles. The Kier molecular flexibility index (Phi) is 45.6. The van der Waals surface area contributed by atoms with E-state index in [2.05, 4.69) is 13.8 Å². The van der Waals surface area contributed by atoms with Crippen molar-refractivity contribution in [1.82, 2.24) is 0 Å².